The fourth-order valence-corrected chi connectivity index (χ4v) is 2.45. The quantitative estimate of drug-likeness (QED) is 0.489. The number of hydrogen-bond acceptors (Lipinski definition) is 0. The third kappa shape index (κ3) is 4.58. The van der Waals surface area contributed by atoms with Gasteiger partial charge in [0.05, 0.1) is 13.8 Å². The van der Waals surface area contributed by atoms with Crippen LogP contribution in [0.4, 0.5) is 0 Å². The van der Waals surface area contributed by atoms with E-state index in [0.717, 1.165) is 0 Å². The summed E-state index contributed by atoms with van der Waals surface area (Å²) in [7, 11) is 0.0911. The van der Waals surface area contributed by atoms with E-state index in [1.54, 1.807) is 0 Å². The Bertz CT molecular complexity index is 264. The van der Waals surface area contributed by atoms with Gasteiger partial charge in [-0.2, -0.15) is 0 Å². The minimum atomic E-state index is 0.0911. The van der Waals surface area contributed by atoms with E-state index in [2.05, 4.69) is 43.6 Å². The molecule has 0 N–H and O–H groups in total. The minimum absolute atomic E-state index is 0.0911. The molecule has 1 aromatic carbocycles. The fraction of sp³-hybridized carbons (Fsp3) is 0.462. The molecule has 0 amide bonds. The monoisotopic (exact) mass is 207 g/mol. The molecule has 1 aromatic rings. The number of unbranched alkanes of at least 4 members (excludes halogenated alkanes) is 1. The average Bonchev–Trinajstić information content (AvgIpc) is 2.25. The lowest BCUT2D eigenvalue weighted by Gasteiger charge is -1.98. The zero-order chi connectivity index (χ0) is 10.2. The van der Waals surface area contributed by atoms with Crippen LogP contribution in [0.3, 0.4) is 0 Å². The maximum Gasteiger partial charge on any atom is 0.106 e. The molecule has 76 valence electrons. The van der Waals surface area contributed by atoms with Gasteiger partial charge < -0.3 is 0 Å². The molecule has 0 radical (unpaired) electrons. The van der Waals surface area contributed by atoms with Gasteiger partial charge in [0.2, 0.25) is 0 Å². The van der Waals surface area contributed by atoms with E-state index < -0.39 is 0 Å². The molecule has 0 aliphatic rings. The van der Waals surface area contributed by atoms with Crippen molar-refractivity contribution in [3.05, 3.63) is 35.9 Å². The van der Waals surface area contributed by atoms with E-state index >= 15 is 0 Å². The van der Waals surface area contributed by atoms with Crippen molar-refractivity contribution in [2.45, 2.75) is 26.2 Å². The third-order valence-corrected chi connectivity index (χ3v) is 4.32. The molecule has 1 heteroatoms. The van der Waals surface area contributed by atoms with Crippen molar-refractivity contribution in [2.24, 2.45) is 0 Å². The Morgan fingerprint density at radius 2 is 1.86 bits per heavy atom. The molecule has 0 aliphatic carbocycles. The number of benzene rings is 1. The van der Waals surface area contributed by atoms with E-state index in [9.17, 15) is 0 Å². The molecule has 0 fully saturated rings. The number of aryl methyl sites for hydroxylation is 1. The smallest absolute Gasteiger partial charge is 0.0622 e. The minimum Gasteiger partial charge on any atom is -0.0622 e. The highest BCUT2D eigenvalue weighted by Gasteiger charge is 2.01. The molecule has 0 heterocycles. The molecule has 0 spiro atoms. The van der Waals surface area contributed by atoms with Crippen LogP contribution in [0.15, 0.2) is 30.3 Å². The maximum absolute atomic E-state index is 4.17. The first kappa shape index (κ1) is 11.5. The second-order valence-corrected chi connectivity index (χ2v) is 6.07. The van der Waals surface area contributed by atoms with Gasteiger partial charge in [0.1, 0.15) is 12.3 Å². The van der Waals surface area contributed by atoms with Crippen molar-refractivity contribution in [1.29, 1.82) is 0 Å². The topological polar surface area (TPSA) is 0 Å². The van der Waals surface area contributed by atoms with E-state index in [1.165, 1.54) is 37.1 Å². The summed E-state index contributed by atoms with van der Waals surface area (Å²) in [6.07, 6.45) is 10.7. The lowest BCUT2D eigenvalue weighted by atomic mass is 10.1. The maximum atomic E-state index is 4.17. The second kappa shape index (κ2) is 6.79. The van der Waals surface area contributed by atoms with Crippen molar-refractivity contribution >= 4 is 13.8 Å². The predicted molar refractivity (Wildman–Crippen MR) is 68.8 cm³/mol. The highest BCUT2D eigenvalue weighted by atomic mass is 31.1. The largest absolute Gasteiger partial charge is 0.106 e. The molecule has 0 aromatic heterocycles. The van der Waals surface area contributed by atoms with Gasteiger partial charge >= 0.3 is 0 Å². The van der Waals surface area contributed by atoms with Crippen LogP contribution in [0, 0.1) is 0 Å². The van der Waals surface area contributed by atoms with Crippen LogP contribution in [0.2, 0.25) is 0 Å². The Balaban J connectivity index is 2.13. The van der Waals surface area contributed by atoms with Crippen LogP contribution in [-0.4, -0.2) is 18.6 Å². The molecule has 1 unspecified atom stereocenters. The normalized spacial score (nSPS) is 11.4. The Labute approximate surface area is 88.7 Å². The highest BCUT2D eigenvalue weighted by Crippen LogP contribution is 2.20. The van der Waals surface area contributed by atoms with Gasteiger partial charge in [0.15, 0.2) is 0 Å². The Morgan fingerprint density at radius 1 is 1.14 bits per heavy atom. The van der Waals surface area contributed by atoms with Gasteiger partial charge in [-0.05, 0) is 31.7 Å². The molecule has 0 bridgehead atoms. The zero-order valence-corrected chi connectivity index (χ0v) is 9.97. The van der Waals surface area contributed by atoms with Gasteiger partial charge in [0, 0.05) is 0 Å². The summed E-state index contributed by atoms with van der Waals surface area (Å²) in [5, 5.41) is 0. The molecule has 1 rings (SSSR count). The Kier molecular flexibility index (Phi) is 5.56. The van der Waals surface area contributed by atoms with E-state index in [4.69, 9.17) is 0 Å². The van der Waals surface area contributed by atoms with Crippen molar-refractivity contribution in [1.82, 2.24) is 0 Å². The average molecular weight is 207 g/mol. The third-order valence-electron chi connectivity index (χ3n) is 2.48. The summed E-state index contributed by atoms with van der Waals surface area (Å²) in [6.45, 7) is 2.25. The zero-order valence-electron chi connectivity index (χ0n) is 9.08. The van der Waals surface area contributed by atoms with Crippen LogP contribution >= 0.6 is 7.55 Å². The molecule has 0 aliphatic heterocycles. The molecule has 0 nitrogen and oxygen atoms in total. The molecule has 1 atom stereocenters. The first-order valence-corrected chi connectivity index (χ1v) is 7.32. The van der Waals surface area contributed by atoms with Crippen molar-refractivity contribution in [3.8, 4) is 0 Å². The van der Waals surface area contributed by atoms with Crippen molar-refractivity contribution in [2.75, 3.05) is 12.3 Å². The first-order chi connectivity index (χ1) is 6.83. The summed E-state index contributed by atoms with van der Waals surface area (Å²) in [6, 6.07) is 10.8. The van der Waals surface area contributed by atoms with E-state index in [0.29, 0.717) is 0 Å². The Morgan fingerprint density at radius 3 is 2.50 bits per heavy atom. The summed E-state index contributed by atoms with van der Waals surface area (Å²) in [5.41, 5.74) is 1.47. The first-order valence-electron chi connectivity index (χ1n) is 5.42. The van der Waals surface area contributed by atoms with Gasteiger partial charge in [-0.1, -0.05) is 30.3 Å². The predicted octanol–water partition coefficient (Wildman–Crippen LogP) is 3.94. The van der Waals surface area contributed by atoms with Gasteiger partial charge in [-0.3, -0.25) is 0 Å². The standard InChI is InChI=1S/C13H20P/c1-3-14(2)12-8-7-11-13-9-5-4-6-10-13/h4-6,9-10H,2-3,7-8,11-12H2,1H3/q+1. The van der Waals surface area contributed by atoms with Crippen LogP contribution in [-0.2, 0) is 6.42 Å². The van der Waals surface area contributed by atoms with Crippen molar-refractivity contribution < 1.29 is 0 Å². The van der Waals surface area contributed by atoms with Crippen LogP contribution in [0.25, 0.3) is 0 Å². The molecule has 0 saturated heterocycles. The van der Waals surface area contributed by atoms with Gasteiger partial charge in [-0.25, -0.2) is 0 Å². The Hall–Kier alpha value is -0.610. The molecular formula is C13H20P+. The molecule has 0 saturated carbocycles. The van der Waals surface area contributed by atoms with Crippen LogP contribution < -0.4 is 0 Å². The molecular weight excluding hydrogens is 187 g/mol. The van der Waals surface area contributed by atoms with Gasteiger partial charge in [-0.15, -0.1) is 0 Å². The van der Waals surface area contributed by atoms with Gasteiger partial charge in [0.25, 0.3) is 0 Å². The van der Waals surface area contributed by atoms with E-state index in [-0.39, 0.29) is 7.55 Å². The van der Waals surface area contributed by atoms with E-state index in [1.807, 2.05) is 0 Å². The lowest BCUT2D eigenvalue weighted by Crippen LogP contribution is -1.87. The molecule has 14 heavy (non-hydrogen) atoms. The summed E-state index contributed by atoms with van der Waals surface area (Å²) in [4.78, 5) is 0. The fourth-order valence-electron chi connectivity index (χ4n) is 1.47. The summed E-state index contributed by atoms with van der Waals surface area (Å²) >= 11 is 0. The van der Waals surface area contributed by atoms with Crippen molar-refractivity contribution in [3.63, 3.8) is 0 Å². The summed E-state index contributed by atoms with van der Waals surface area (Å²) in [5.74, 6) is 0. The second-order valence-electron chi connectivity index (χ2n) is 3.65. The highest BCUT2D eigenvalue weighted by molar-refractivity contribution is 7.55. The summed E-state index contributed by atoms with van der Waals surface area (Å²) < 4.78 is 0. The number of hydrogen-bond donors (Lipinski definition) is 0. The van der Waals surface area contributed by atoms with Crippen LogP contribution in [0.1, 0.15) is 25.3 Å². The lowest BCUT2D eigenvalue weighted by molar-refractivity contribution is 0.800. The number of rotatable bonds is 6. The SMILES string of the molecule is C=[P+](CC)CCCCc1ccccc1. The van der Waals surface area contributed by atoms with Crippen LogP contribution in [0.5, 0.6) is 0 Å².